The van der Waals surface area contributed by atoms with Crippen molar-refractivity contribution in [3.63, 3.8) is 0 Å². The highest BCUT2D eigenvalue weighted by Gasteiger charge is 2.56. The molecule has 0 radical (unpaired) electrons. The predicted octanol–water partition coefficient (Wildman–Crippen LogP) is 4.16. The molecule has 222 valence electrons. The lowest BCUT2D eigenvalue weighted by atomic mass is 9.78. The molecule has 0 aliphatic carbocycles. The van der Waals surface area contributed by atoms with Gasteiger partial charge in [0.15, 0.2) is 5.60 Å². The minimum Gasteiger partial charge on any atom is -0.456 e. The summed E-state index contributed by atoms with van der Waals surface area (Å²) in [6.45, 7) is 12.9. The molecule has 4 aliphatic heterocycles. The molecule has 0 amide bonds. The van der Waals surface area contributed by atoms with Crippen molar-refractivity contribution >= 4 is 41.8 Å². The van der Waals surface area contributed by atoms with Crippen LogP contribution in [0.15, 0.2) is 54.6 Å². The van der Waals surface area contributed by atoms with E-state index in [4.69, 9.17) is 9.47 Å². The Morgan fingerprint density at radius 2 is 1.39 bits per heavy atom. The summed E-state index contributed by atoms with van der Waals surface area (Å²) in [5.41, 5.74) is 3.46. The summed E-state index contributed by atoms with van der Waals surface area (Å²) < 4.78 is 12.2. The van der Waals surface area contributed by atoms with E-state index in [-0.39, 0.29) is 11.8 Å². The van der Waals surface area contributed by atoms with Gasteiger partial charge in [-0.05, 0) is 73.6 Å². The first-order chi connectivity index (χ1) is 20.9. The molecule has 3 aromatic carbocycles. The normalized spacial score (nSPS) is 19.5. The Balaban J connectivity index is 1.44. The van der Waals surface area contributed by atoms with Crippen molar-refractivity contribution in [3.8, 4) is 12.1 Å². The number of nitrogens with zero attached hydrogens (tertiary/aromatic N) is 4. The van der Waals surface area contributed by atoms with Crippen molar-refractivity contribution in [1.82, 2.24) is 0 Å². The first kappa shape index (κ1) is 28.2. The Kier molecular flexibility index (Phi) is 6.05. The van der Waals surface area contributed by atoms with Gasteiger partial charge in [-0.15, -0.1) is 0 Å². The number of esters is 2. The highest BCUT2D eigenvalue weighted by molar-refractivity contribution is 7.01. The van der Waals surface area contributed by atoms with E-state index < -0.39 is 31.2 Å². The maximum Gasteiger partial charge on any atom is 0.340 e. The van der Waals surface area contributed by atoms with E-state index in [2.05, 4.69) is 71.4 Å². The fourth-order valence-corrected chi connectivity index (χ4v) is 10.2. The lowest BCUT2D eigenvalue weighted by molar-refractivity contribution is 0.00692. The molecule has 4 aliphatic rings. The molecule has 7 rings (SSSR count). The van der Waals surface area contributed by atoms with E-state index in [0.29, 0.717) is 42.9 Å². The van der Waals surface area contributed by atoms with Gasteiger partial charge in [0.2, 0.25) is 0 Å². The van der Waals surface area contributed by atoms with Gasteiger partial charge in [0, 0.05) is 54.2 Å². The number of ether oxygens (including phenoxy) is 2. The molecule has 9 heteroatoms. The molecular formula is C35H34N4O4Si. The second kappa shape index (κ2) is 9.45. The van der Waals surface area contributed by atoms with Crippen molar-refractivity contribution in [2.45, 2.75) is 45.1 Å². The first-order valence-corrected chi connectivity index (χ1v) is 18.1. The van der Waals surface area contributed by atoms with E-state index in [9.17, 15) is 20.1 Å². The quantitative estimate of drug-likeness (QED) is 0.325. The zero-order valence-electron chi connectivity index (χ0n) is 25.6. The molecular weight excluding hydrogens is 568 g/mol. The van der Waals surface area contributed by atoms with Crippen LogP contribution in [0, 0.1) is 34.5 Å². The number of hydrogen-bond acceptors (Lipinski definition) is 8. The molecule has 2 fully saturated rings. The Bertz CT molecular complexity index is 1750. The molecule has 0 bridgehead atoms. The lowest BCUT2D eigenvalue weighted by Crippen LogP contribution is -2.63. The van der Waals surface area contributed by atoms with Gasteiger partial charge in [-0.25, -0.2) is 9.59 Å². The van der Waals surface area contributed by atoms with Crippen LogP contribution in [0.5, 0.6) is 0 Å². The summed E-state index contributed by atoms with van der Waals surface area (Å²) >= 11 is 0. The number of anilines is 2. The smallest absolute Gasteiger partial charge is 0.340 e. The Labute approximate surface area is 258 Å². The molecule has 4 heterocycles. The van der Waals surface area contributed by atoms with Crippen molar-refractivity contribution in [2.75, 3.05) is 36.0 Å². The largest absolute Gasteiger partial charge is 0.456 e. The topological polar surface area (TPSA) is 107 Å². The fraction of sp³-hybridized carbons (Fsp3) is 0.371. The van der Waals surface area contributed by atoms with Gasteiger partial charge in [0.05, 0.1) is 35.1 Å². The van der Waals surface area contributed by atoms with E-state index in [1.54, 1.807) is 18.2 Å². The van der Waals surface area contributed by atoms with E-state index in [1.165, 1.54) is 0 Å². The molecule has 0 saturated carbocycles. The second-order valence-electron chi connectivity index (χ2n) is 13.9. The number of carbonyl (C=O) groups is 2. The summed E-state index contributed by atoms with van der Waals surface area (Å²) in [4.78, 5) is 31.3. The molecule has 2 saturated heterocycles. The third-order valence-electron chi connectivity index (χ3n) is 9.47. The maximum absolute atomic E-state index is 13.6. The highest BCUT2D eigenvalue weighted by atomic mass is 28.3. The number of nitriles is 2. The van der Waals surface area contributed by atoms with Crippen LogP contribution in [0.4, 0.5) is 11.4 Å². The minimum atomic E-state index is -2.38. The molecule has 0 unspecified atom stereocenters. The van der Waals surface area contributed by atoms with Crippen LogP contribution in [-0.2, 0) is 15.1 Å². The third-order valence-corrected chi connectivity index (χ3v) is 13.0. The number of benzene rings is 3. The van der Waals surface area contributed by atoms with Crippen molar-refractivity contribution in [3.05, 3.63) is 82.4 Å². The Hall–Kier alpha value is -4.60. The number of fused-ring (bicyclic) bond motifs is 6. The summed E-state index contributed by atoms with van der Waals surface area (Å²) in [7, 11) is -2.38. The van der Waals surface area contributed by atoms with Gasteiger partial charge in [-0.2, -0.15) is 10.5 Å². The molecule has 44 heavy (non-hydrogen) atoms. The number of rotatable bonds is 3. The second-order valence-corrected chi connectivity index (χ2v) is 18.2. The van der Waals surface area contributed by atoms with Gasteiger partial charge in [0.25, 0.3) is 0 Å². The Morgan fingerprint density at radius 1 is 0.864 bits per heavy atom. The van der Waals surface area contributed by atoms with Gasteiger partial charge in [-0.1, -0.05) is 25.2 Å². The zero-order valence-corrected chi connectivity index (χ0v) is 26.6. The number of carbonyl (C=O) groups excluding carboxylic acids is 2. The van der Waals surface area contributed by atoms with Crippen LogP contribution in [-0.4, -0.2) is 51.8 Å². The molecule has 0 aromatic heterocycles. The van der Waals surface area contributed by atoms with Gasteiger partial charge >= 0.3 is 11.9 Å². The maximum atomic E-state index is 13.6. The SMILES string of the molecule is CC(C)(C)OC(=O)c1ccc2c(c1)C1(OC2=O)c2ccc(N3CC(C#N)C3)cc2[Si](C)(C)c2cc(N3CC(C#N)C3)ccc21. The van der Waals surface area contributed by atoms with Crippen LogP contribution >= 0.6 is 0 Å². The monoisotopic (exact) mass is 602 g/mol. The minimum absolute atomic E-state index is 0.0219. The Morgan fingerprint density at radius 3 is 1.86 bits per heavy atom. The van der Waals surface area contributed by atoms with Crippen molar-refractivity contribution < 1.29 is 19.1 Å². The third kappa shape index (κ3) is 4.06. The molecule has 0 atom stereocenters. The van der Waals surface area contributed by atoms with Gasteiger partial charge in [0.1, 0.15) is 13.7 Å². The molecule has 0 N–H and O–H groups in total. The van der Waals surface area contributed by atoms with Crippen molar-refractivity contribution in [2.24, 2.45) is 11.8 Å². The molecule has 3 aromatic rings. The van der Waals surface area contributed by atoms with Crippen LogP contribution in [0.3, 0.4) is 0 Å². The van der Waals surface area contributed by atoms with Crippen LogP contribution in [0.25, 0.3) is 0 Å². The summed E-state index contributed by atoms with van der Waals surface area (Å²) in [6, 6.07) is 22.5. The average Bonchev–Trinajstić information content (AvgIpc) is 3.22. The molecule has 1 spiro atoms. The van der Waals surface area contributed by atoms with Gasteiger partial charge < -0.3 is 19.3 Å². The van der Waals surface area contributed by atoms with Crippen molar-refractivity contribution in [1.29, 1.82) is 10.5 Å². The van der Waals surface area contributed by atoms with Crippen LogP contribution in [0.2, 0.25) is 13.1 Å². The van der Waals surface area contributed by atoms with E-state index in [0.717, 1.165) is 32.9 Å². The highest BCUT2D eigenvalue weighted by Crippen LogP contribution is 2.50. The standard InChI is InChI=1S/C35H34N4O4Si/c1-34(2,3)42-32(40)23-6-9-26-29(12-23)35(43-33(26)41)27-10-7-24(38-17-21(15-36)18-38)13-30(27)44(4,5)31-14-25(8-11-28(31)35)39-19-22(16-37)20-39/h6-14,21-22H,17-20H2,1-5H3. The summed E-state index contributed by atoms with van der Waals surface area (Å²) in [5, 5.41) is 21.1. The van der Waals surface area contributed by atoms with Gasteiger partial charge in [-0.3, -0.25) is 0 Å². The van der Waals surface area contributed by atoms with E-state index >= 15 is 0 Å². The van der Waals surface area contributed by atoms with Crippen LogP contribution < -0.4 is 20.2 Å². The lowest BCUT2D eigenvalue weighted by Gasteiger charge is -2.46. The predicted molar refractivity (Wildman–Crippen MR) is 169 cm³/mol. The molecule has 8 nitrogen and oxygen atoms in total. The number of hydrogen-bond donors (Lipinski definition) is 0. The first-order valence-electron chi connectivity index (χ1n) is 15.1. The van der Waals surface area contributed by atoms with E-state index in [1.807, 2.05) is 20.8 Å². The summed E-state index contributed by atoms with van der Waals surface area (Å²) in [6.07, 6.45) is 0. The average molecular weight is 603 g/mol. The van der Waals surface area contributed by atoms with Crippen LogP contribution in [0.1, 0.15) is 58.2 Å². The summed E-state index contributed by atoms with van der Waals surface area (Å²) in [5.74, 6) is -0.843. The fourth-order valence-electron chi connectivity index (χ4n) is 7.06. The zero-order chi connectivity index (χ0) is 31.2.